The van der Waals surface area contributed by atoms with E-state index >= 15 is 0 Å². The average molecular weight is 351 g/mol. The molecule has 0 atom stereocenters. The van der Waals surface area contributed by atoms with Gasteiger partial charge in [0.15, 0.2) is 0 Å². The molecule has 0 unspecified atom stereocenters. The van der Waals surface area contributed by atoms with Gasteiger partial charge < -0.3 is 10.2 Å². The van der Waals surface area contributed by atoms with Gasteiger partial charge in [-0.15, -0.1) is 0 Å². The second-order valence-electron chi connectivity index (χ2n) is 7.63. The third-order valence-corrected chi connectivity index (χ3v) is 5.63. The Kier molecular flexibility index (Phi) is 6.71. The molecule has 0 spiro atoms. The van der Waals surface area contributed by atoms with Crippen LogP contribution in [0.3, 0.4) is 0 Å². The minimum atomic E-state index is -0.203. The predicted molar refractivity (Wildman–Crippen MR) is 103 cm³/mol. The number of hydrogen-bond acceptors (Lipinski definition) is 3. The first-order valence-electron chi connectivity index (χ1n) is 9.95. The zero-order valence-electron chi connectivity index (χ0n) is 15.5. The van der Waals surface area contributed by atoms with Crippen LogP contribution in [0.2, 0.25) is 0 Å². The first-order valence-corrected chi connectivity index (χ1v) is 9.95. The maximum Gasteiger partial charge on any atom is 0.263 e. The molecule has 2 fully saturated rings. The molecule has 4 heteroatoms. The third kappa shape index (κ3) is 5.36. The highest BCUT2D eigenvalue weighted by atomic mass is 16.1. The lowest BCUT2D eigenvalue weighted by molar-refractivity contribution is -0.118. The summed E-state index contributed by atoms with van der Waals surface area (Å²) in [6, 6.07) is 13.0. The van der Waals surface area contributed by atoms with E-state index in [4.69, 9.17) is 0 Å². The van der Waals surface area contributed by atoms with Crippen molar-refractivity contribution < 1.29 is 4.79 Å². The van der Waals surface area contributed by atoms with Gasteiger partial charge in [0.05, 0.1) is 0 Å². The van der Waals surface area contributed by atoms with E-state index in [0.29, 0.717) is 5.92 Å². The Bertz CT molecular complexity index is 648. The molecule has 0 aromatic heterocycles. The number of rotatable bonds is 5. The molecule has 1 aliphatic heterocycles. The van der Waals surface area contributed by atoms with Crippen LogP contribution in [0.25, 0.3) is 0 Å². The standard InChI is InChI=1S/C22H29N3O/c23-16-20(22(26)24-21-9-5-2-6-10-21)17-25-13-11-19(12-14-25)15-18-7-3-1-4-8-18/h1,3-4,7-8,17,19,21H,2,5-6,9-15H2,(H,24,26)/b20-17-. The number of benzene rings is 1. The number of nitrogens with one attached hydrogen (secondary N) is 1. The molecule has 1 saturated carbocycles. The molecule has 0 bridgehead atoms. The van der Waals surface area contributed by atoms with Crippen LogP contribution in [0, 0.1) is 17.2 Å². The van der Waals surface area contributed by atoms with Crippen LogP contribution in [0.1, 0.15) is 50.5 Å². The number of carbonyl (C=O) groups is 1. The molecule has 0 radical (unpaired) electrons. The number of nitrogens with zero attached hydrogens (tertiary/aromatic N) is 2. The zero-order valence-corrected chi connectivity index (χ0v) is 15.5. The highest BCUT2D eigenvalue weighted by molar-refractivity contribution is 5.97. The number of nitriles is 1. The maximum absolute atomic E-state index is 12.4. The van der Waals surface area contributed by atoms with Crippen molar-refractivity contribution in [3.05, 3.63) is 47.7 Å². The third-order valence-electron chi connectivity index (χ3n) is 5.63. The summed E-state index contributed by atoms with van der Waals surface area (Å²) < 4.78 is 0. The molecule has 1 aromatic rings. The summed E-state index contributed by atoms with van der Waals surface area (Å²) in [5.41, 5.74) is 1.64. The molecule has 4 nitrogen and oxygen atoms in total. The molecule has 3 rings (SSSR count). The summed E-state index contributed by atoms with van der Waals surface area (Å²) in [4.78, 5) is 14.5. The van der Waals surface area contributed by atoms with Crippen LogP contribution in [0.4, 0.5) is 0 Å². The summed E-state index contributed by atoms with van der Waals surface area (Å²) in [6.45, 7) is 1.83. The van der Waals surface area contributed by atoms with Crippen molar-refractivity contribution in [1.29, 1.82) is 5.26 Å². The van der Waals surface area contributed by atoms with Crippen molar-refractivity contribution in [3.8, 4) is 6.07 Å². The van der Waals surface area contributed by atoms with Crippen molar-refractivity contribution in [2.45, 2.75) is 57.4 Å². The van der Waals surface area contributed by atoms with Crippen molar-refractivity contribution in [1.82, 2.24) is 10.2 Å². The Morgan fingerprint density at radius 1 is 1.12 bits per heavy atom. The SMILES string of the molecule is N#C/C(=C/N1CCC(Cc2ccccc2)CC1)C(=O)NC1CCCCC1. The van der Waals surface area contributed by atoms with Crippen LogP contribution < -0.4 is 5.32 Å². The van der Waals surface area contributed by atoms with Crippen LogP contribution in [-0.4, -0.2) is 29.9 Å². The van der Waals surface area contributed by atoms with Crippen LogP contribution >= 0.6 is 0 Å². The van der Waals surface area contributed by atoms with Gasteiger partial charge in [-0.05, 0) is 43.6 Å². The van der Waals surface area contributed by atoms with E-state index in [1.165, 1.54) is 24.8 Å². The fraction of sp³-hybridized carbons (Fsp3) is 0.545. The van der Waals surface area contributed by atoms with Crippen LogP contribution in [0.15, 0.2) is 42.1 Å². The second kappa shape index (κ2) is 9.43. The highest BCUT2D eigenvalue weighted by Gasteiger charge is 2.21. The number of amides is 1. The number of carbonyl (C=O) groups excluding carboxylic acids is 1. The quantitative estimate of drug-likeness (QED) is 0.648. The second-order valence-corrected chi connectivity index (χ2v) is 7.63. The fourth-order valence-corrected chi connectivity index (χ4v) is 4.06. The van der Waals surface area contributed by atoms with Gasteiger partial charge in [-0.2, -0.15) is 5.26 Å². The number of likely N-dealkylation sites (tertiary alicyclic amines) is 1. The van der Waals surface area contributed by atoms with E-state index in [1.807, 2.05) is 0 Å². The average Bonchev–Trinajstić information content (AvgIpc) is 2.69. The van der Waals surface area contributed by atoms with E-state index in [1.54, 1.807) is 6.20 Å². The first kappa shape index (κ1) is 18.5. The van der Waals surface area contributed by atoms with E-state index in [9.17, 15) is 10.1 Å². The summed E-state index contributed by atoms with van der Waals surface area (Å²) in [5.74, 6) is 0.481. The van der Waals surface area contributed by atoms with Gasteiger partial charge in [0.1, 0.15) is 11.6 Å². The molecule has 26 heavy (non-hydrogen) atoms. The van der Waals surface area contributed by atoms with Gasteiger partial charge in [0, 0.05) is 25.3 Å². The summed E-state index contributed by atoms with van der Waals surface area (Å²) >= 11 is 0. The Morgan fingerprint density at radius 3 is 2.46 bits per heavy atom. The molecular weight excluding hydrogens is 322 g/mol. The molecule has 1 aromatic carbocycles. The maximum atomic E-state index is 12.4. The van der Waals surface area contributed by atoms with E-state index in [-0.39, 0.29) is 17.5 Å². The van der Waals surface area contributed by atoms with Crippen LogP contribution in [-0.2, 0) is 11.2 Å². The van der Waals surface area contributed by atoms with Crippen LogP contribution in [0.5, 0.6) is 0 Å². The largest absolute Gasteiger partial charge is 0.376 e. The van der Waals surface area contributed by atoms with Crippen molar-refractivity contribution in [3.63, 3.8) is 0 Å². The molecule has 138 valence electrons. The van der Waals surface area contributed by atoms with E-state index in [0.717, 1.165) is 45.2 Å². The van der Waals surface area contributed by atoms with E-state index < -0.39 is 0 Å². The van der Waals surface area contributed by atoms with Gasteiger partial charge in [-0.1, -0.05) is 49.6 Å². The van der Waals surface area contributed by atoms with Crippen molar-refractivity contribution in [2.75, 3.05) is 13.1 Å². The minimum absolute atomic E-state index is 0.203. The normalized spacial score (nSPS) is 19.8. The fourth-order valence-electron chi connectivity index (χ4n) is 4.06. The lowest BCUT2D eigenvalue weighted by atomic mass is 9.90. The van der Waals surface area contributed by atoms with Crippen molar-refractivity contribution >= 4 is 5.91 Å². The molecule has 1 heterocycles. The molecule has 1 aliphatic carbocycles. The number of piperidine rings is 1. The molecule has 2 aliphatic rings. The number of hydrogen-bond donors (Lipinski definition) is 1. The monoisotopic (exact) mass is 351 g/mol. The Morgan fingerprint density at radius 2 is 1.81 bits per heavy atom. The highest BCUT2D eigenvalue weighted by Crippen LogP contribution is 2.22. The predicted octanol–water partition coefficient (Wildman–Crippen LogP) is 3.80. The van der Waals surface area contributed by atoms with Gasteiger partial charge >= 0.3 is 0 Å². The Labute approximate surface area is 156 Å². The minimum Gasteiger partial charge on any atom is -0.376 e. The summed E-state index contributed by atoms with van der Waals surface area (Å²) in [6.07, 6.45) is 10.8. The Balaban J connectivity index is 1.49. The van der Waals surface area contributed by atoms with Gasteiger partial charge in [-0.25, -0.2) is 0 Å². The Hall–Kier alpha value is -2.28. The zero-order chi connectivity index (χ0) is 18.2. The van der Waals surface area contributed by atoms with Crippen molar-refractivity contribution in [2.24, 2.45) is 5.92 Å². The van der Waals surface area contributed by atoms with Gasteiger partial charge in [0.25, 0.3) is 5.91 Å². The molecule has 1 N–H and O–H groups in total. The summed E-state index contributed by atoms with van der Waals surface area (Å²) in [7, 11) is 0. The molecule has 1 amide bonds. The first-order chi connectivity index (χ1) is 12.7. The molecular formula is C22H29N3O. The topological polar surface area (TPSA) is 56.1 Å². The molecule has 1 saturated heterocycles. The van der Waals surface area contributed by atoms with E-state index in [2.05, 4.69) is 46.6 Å². The lowest BCUT2D eigenvalue weighted by Gasteiger charge is -2.31. The van der Waals surface area contributed by atoms with Gasteiger partial charge in [-0.3, -0.25) is 4.79 Å². The lowest BCUT2D eigenvalue weighted by Crippen LogP contribution is -2.38. The van der Waals surface area contributed by atoms with Gasteiger partial charge in [0.2, 0.25) is 0 Å². The summed E-state index contributed by atoms with van der Waals surface area (Å²) in [5, 5.41) is 12.4. The smallest absolute Gasteiger partial charge is 0.263 e.